The Hall–Kier alpha value is -5.49. The number of aromatic hydroxyl groups is 1. The number of fused-ring (bicyclic) bond motifs is 3. The molecular formula is C33H19NO5. The van der Waals surface area contributed by atoms with Gasteiger partial charge >= 0.3 is 5.63 Å². The molecule has 0 saturated heterocycles. The molecule has 2 heterocycles. The zero-order valence-corrected chi connectivity index (χ0v) is 20.4. The van der Waals surface area contributed by atoms with E-state index in [2.05, 4.69) is 0 Å². The van der Waals surface area contributed by atoms with Crippen molar-refractivity contribution in [2.75, 3.05) is 0 Å². The van der Waals surface area contributed by atoms with E-state index in [1.54, 1.807) is 53.1 Å². The molecule has 0 radical (unpaired) electrons. The second kappa shape index (κ2) is 8.53. The molecule has 39 heavy (non-hydrogen) atoms. The van der Waals surface area contributed by atoms with Gasteiger partial charge < -0.3 is 14.1 Å². The summed E-state index contributed by atoms with van der Waals surface area (Å²) in [5.41, 5.74) is 1.82. The first kappa shape index (κ1) is 22.7. The molecule has 1 aliphatic carbocycles. The first-order chi connectivity index (χ1) is 19.1. The van der Waals surface area contributed by atoms with Crippen molar-refractivity contribution in [3.05, 3.63) is 142 Å². The second-order valence-corrected chi connectivity index (χ2v) is 9.30. The van der Waals surface area contributed by atoms with E-state index in [0.717, 1.165) is 0 Å². The molecule has 1 aliphatic rings. The van der Waals surface area contributed by atoms with Gasteiger partial charge in [-0.15, -0.1) is 0 Å². The van der Waals surface area contributed by atoms with Gasteiger partial charge in [0.25, 0.3) is 0 Å². The average molecular weight is 510 g/mol. The maximum Gasteiger partial charge on any atom is 0.348 e. The van der Waals surface area contributed by atoms with Gasteiger partial charge in [-0.1, -0.05) is 84.9 Å². The van der Waals surface area contributed by atoms with Crippen molar-refractivity contribution in [1.29, 1.82) is 0 Å². The summed E-state index contributed by atoms with van der Waals surface area (Å²) in [6, 6.07) is 31.7. The van der Waals surface area contributed by atoms with Gasteiger partial charge in [-0.25, -0.2) is 4.79 Å². The lowest BCUT2D eigenvalue weighted by Gasteiger charge is -2.18. The monoisotopic (exact) mass is 509 g/mol. The number of ketones is 2. The van der Waals surface area contributed by atoms with E-state index in [0.29, 0.717) is 22.3 Å². The van der Waals surface area contributed by atoms with Gasteiger partial charge in [-0.05, 0) is 29.8 Å². The van der Waals surface area contributed by atoms with Crippen LogP contribution in [0.2, 0.25) is 0 Å². The molecule has 6 aromatic rings. The van der Waals surface area contributed by atoms with Crippen LogP contribution in [0.1, 0.15) is 32.0 Å². The molecule has 0 aliphatic heterocycles. The Kier molecular flexibility index (Phi) is 4.96. The van der Waals surface area contributed by atoms with E-state index >= 15 is 0 Å². The smallest absolute Gasteiger partial charge is 0.348 e. The molecule has 6 nitrogen and oxygen atoms in total. The minimum atomic E-state index is -0.810. The zero-order valence-electron chi connectivity index (χ0n) is 20.4. The third kappa shape index (κ3) is 3.25. The summed E-state index contributed by atoms with van der Waals surface area (Å²) in [5.74, 6) is -1.07. The maximum absolute atomic E-state index is 14.2. The number of hydrogen-bond donors (Lipinski definition) is 1. The highest BCUT2D eigenvalue weighted by molar-refractivity contribution is 6.31. The molecule has 0 amide bonds. The van der Waals surface area contributed by atoms with Crippen molar-refractivity contribution in [3.63, 3.8) is 0 Å². The maximum atomic E-state index is 14.2. The van der Waals surface area contributed by atoms with E-state index in [1.165, 1.54) is 0 Å². The number of hydrogen-bond acceptors (Lipinski definition) is 5. The molecule has 1 N–H and O–H groups in total. The molecule has 0 atom stereocenters. The van der Waals surface area contributed by atoms with Gasteiger partial charge in [0.2, 0.25) is 5.78 Å². The summed E-state index contributed by atoms with van der Waals surface area (Å²) in [7, 11) is 0. The Bertz CT molecular complexity index is 2020. The van der Waals surface area contributed by atoms with Crippen molar-refractivity contribution in [1.82, 2.24) is 4.57 Å². The quantitative estimate of drug-likeness (QED) is 0.279. The minimum absolute atomic E-state index is 0.0549. The number of carbonyl (C=O) groups is 2. The highest BCUT2D eigenvalue weighted by Crippen LogP contribution is 2.47. The van der Waals surface area contributed by atoms with E-state index in [-0.39, 0.29) is 50.6 Å². The lowest BCUT2D eigenvalue weighted by atomic mass is 9.84. The summed E-state index contributed by atoms with van der Waals surface area (Å²) in [6.45, 7) is 0. The number of carbonyl (C=O) groups excluding carboxylic acids is 2. The summed E-state index contributed by atoms with van der Waals surface area (Å²) in [6.07, 6.45) is 0. The normalized spacial score (nSPS) is 12.4. The molecule has 7 rings (SSSR count). The Balaban J connectivity index is 1.72. The SMILES string of the molecule is O=C1c2ccccc2C(=O)c2c1c(-c1c(O)c3ccccc3oc1=O)c(-c1ccccc1)n2-c1ccccc1. The molecule has 0 spiro atoms. The lowest BCUT2D eigenvalue weighted by molar-refractivity contribution is 0.0975. The van der Waals surface area contributed by atoms with Crippen LogP contribution in [-0.2, 0) is 0 Å². The van der Waals surface area contributed by atoms with Crippen molar-refractivity contribution >= 4 is 22.5 Å². The summed E-state index contributed by atoms with van der Waals surface area (Å²) in [5, 5.41) is 11.8. The largest absolute Gasteiger partial charge is 0.506 e. The molecule has 186 valence electrons. The third-order valence-electron chi connectivity index (χ3n) is 7.13. The van der Waals surface area contributed by atoms with E-state index in [4.69, 9.17) is 4.42 Å². The van der Waals surface area contributed by atoms with Gasteiger partial charge in [-0.2, -0.15) is 0 Å². The van der Waals surface area contributed by atoms with E-state index in [1.807, 2.05) is 60.7 Å². The Morgan fingerprint density at radius 1 is 0.564 bits per heavy atom. The van der Waals surface area contributed by atoms with Gasteiger partial charge in [0.1, 0.15) is 22.6 Å². The van der Waals surface area contributed by atoms with Gasteiger partial charge in [0, 0.05) is 22.4 Å². The number of para-hydroxylation sites is 2. The number of rotatable bonds is 3. The van der Waals surface area contributed by atoms with Crippen LogP contribution in [0, 0.1) is 0 Å². The molecular weight excluding hydrogens is 490 g/mol. The fourth-order valence-corrected chi connectivity index (χ4v) is 5.45. The highest BCUT2D eigenvalue weighted by atomic mass is 16.4. The molecule has 4 aromatic carbocycles. The van der Waals surface area contributed by atoms with Crippen molar-refractivity contribution in [2.24, 2.45) is 0 Å². The predicted octanol–water partition coefficient (Wildman–Crippen LogP) is 6.40. The lowest BCUT2D eigenvalue weighted by Crippen LogP contribution is -2.23. The molecule has 2 aromatic heterocycles. The van der Waals surface area contributed by atoms with Crippen LogP contribution in [-0.4, -0.2) is 21.2 Å². The molecule has 6 heteroatoms. The summed E-state index contributed by atoms with van der Waals surface area (Å²) < 4.78 is 7.35. The van der Waals surface area contributed by atoms with E-state index < -0.39 is 11.4 Å². The van der Waals surface area contributed by atoms with E-state index in [9.17, 15) is 19.5 Å². The number of nitrogens with zero attached hydrogens (tertiary/aromatic N) is 1. The van der Waals surface area contributed by atoms with Crippen molar-refractivity contribution in [3.8, 4) is 33.8 Å². The van der Waals surface area contributed by atoms with Gasteiger partial charge in [0.05, 0.1) is 16.6 Å². The van der Waals surface area contributed by atoms with Gasteiger partial charge in [0.15, 0.2) is 5.78 Å². The second-order valence-electron chi connectivity index (χ2n) is 9.30. The molecule has 0 fully saturated rings. The predicted molar refractivity (Wildman–Crippen MR) is 148 cm³/mol. The van der Waals surface area contributed by atoms with Gasteiger partial charge in [-0.3, -0.25) is 9.59 Å². The molecule has 0 saturated carbocycles. The van der Waals surface area contributed by atoms with Crippen LogP contribution in [0.4, 0.5) is 0 Å². The summed E-state index contributed by atoms with van der Waals surface area (Å²) >= 11 is 0. The minimum Gasteiger partial charge on any atom is -0.506 e. The topological polar surface area (TPSA) is 89.5 Å². The third-order valence-corrected chi connectivity index (χ3v) is 7.13. The standard InChI is InChI=1S/C33H19NO5/c35-30-21-15-7-8-16-22(21)32(37)29-26(30)25(27-31(36)23-17-9-10-18-24(23)39-33(27)38)28(19-11-3-1-4-12-19)34(29)20-13-5-2-6-14-20/h1-18,36H. The first-order valence-electron chi connectivity index (χ1n) is 12.4. The van der Waals surface area contributed by atoms with Crippen molar-refractivity contribution in [2.45, 2.75) is 0 Å². The van der Waals surface area contributed by atoms with Crippen LogP contribution in [0.3, 0.4) is 0 Å². The zero-order chi connectivity index (χ0) is 26.7. The Morgan fingerprint density at radius 2 is 1.15 bits per heavy atom. The fourth-order valence-electron chi connectivity index (χ4n) is 5.45. The Morgan fingerprint density at radius 3 is 1.87 bits per heavy atom. The molecule has 0 bridgehead atoms. The van der Waals surface area contributed by atoms with Crippen LogP contribution in [0.15, 0.2) is 118 Å². The fraction of sp³-hybridized carbons (Fsp3) is 0. The summed E-state index contributed by atoms with van der Waals surface area (Å²) in [4.78, 5) is 41.9. The van der Waals surface area contributed by atoms with Crippen LogP contribution < -0.4 is 5.63 Å². The number of benzene rings is 4. The average Bonchev–Trinajstić information content (AvgIpc) is 3.33. The van der Waals surface area contributed by atoms with Crippen LogP contribution in [0.5, 0.6) is 5.75 Å². The number of aromatic nitrogens is 1. The van der Waals surface area contributed by atoms with Crippen LogP contribution >= 0.6 is 0 Å². The highest BCUT2D eigenvalue weighted by Gasteiger charge is 2.40. The van der Waals surface area contributed by atoms with Crippen molar-refractivity contribution < 1.29 is 19.1 Å². The Labute approximate surface area is 222 Å². The molecule has 0 unspecified atom stereocenters. The van der Waals surface area contributed by atoms with Crippen LogP contribution in [0.25, 0.3) is 39.0 Å². The first-order valence-corrected chi connectivity index (χ1v) is 12.4.